The van der Waals surface area contributed by atoms with Crippen LogP contribution in [0.1, 0.15) is 42.5 Å². The maximum absolute atomic E-state index is 12.3. The summed E-state index contributed by atoms with van der Waals surface area (Å²) in [7, 11) is 0. The molecule has 3 heteroatoms. The van der Waals surface area contributed by atoms with Crippen molar-refractivity contribution in [1.82, 2.24) is 4.98 Å². The van der Waals surface area contributed by atoms with Gasteiger partial charge in [-0.25, -0.2) is 0 Å². The standard InChI is InChI=1S/C17H19NOS/c19-17(12-20-15-6-2-1-3-7-15)14-9-8-13-5-4-10-18-16(13)11-14/h4-5,8-11,15H,1-3,6-7,12H2. The largest absolute Gasteiger partial charge is 0.293 e. The average Bonchev–Trinajstić information content (AvgIpc) is 2.53. The predicted molar refractivity (Wildman–Crippen MR) is 85.4 cm³/mol. The summed E-state index contributed by atoms with van der Waals surface area (Å²) < 4.78 is 0. The van der Waals surface area contributed by atoms with Crippen molar-refractivity contribution in [3.8, 4) is 0 Å². The molecule has 0 amide bonds. The molecule has 1 heterocycles. The number of nitrogens with zero attached hydrogens (tertiary/aromatic N) is 1. The van der Waals surface area contributed by atoms with Gasteiger partial charge in [0.2, 0.25) is 0 Å². The lowest BCUT2D eigenvalue weighted by atomic mass is 10.0. The van der Waals surface area contributed by atoms with Gasteiger partial charge >= 0.3 is 0 Å². The lowest BCUT2D eigenvalue weighted by molar-refractivity contribution is 0.102. The fourth-order valence-electron chi connectivity index (χ4n) is 2.75. The highest BCUT2D eigenvalue weighted by Gasteiger charge is 2.16. The van der Waals surface area contributed by atoms with Crippen molar-refractivity contribution in [2.75, 3.05) is 5.75 Å². The summed E-state index contributed by atoms with van der Waals surface area (Å²) in [6, 6.07) is 9.77. The maximum atomic E-state index is 12.3. The van der Waals surface area contributed by atoms with Crippen molar-refractivity contribution in [3.63, 3.8) is 0 Å². The van der Waals surface area contributed by atoms with Crippen molar-refractivity contribution < 1.29 is 4.79 Å². The summed E-state index contributed by atoms with van der Waals surface area (Å²) in [5, 5.41) is 1.77. The van der Waals surface area contributed by atoms with Gasteiger partial charge in [0.1, 0.15) is 0 Å². The summed E-state index contributed by atoms with van der Waals surface area (Å²) in [6.07, 6.45) is 8.33. The Kier molecular flexibility index (Phi) is 4.36. The van der Waals surface area contributed by atoms with Gasteiger partial charge in [0.15, 0.2) is 5.78 Å². The molecule has 0 spiro atoms. The van der Waals surface area contributed by atoms with E-state index in [4.69, 9.17) is 0 Å². The normalized spacial score (nSPS) is 16.4. The number of ketones is 1. The Morgan fingerprint density at radius 1 is 1.20 bits per heavy atom. The predicted octanol–water partition coefficient (Wildman–Crippen LogP) is 4.48. The van der Waals surface area contributed by atoms with Gasteiger partial charge in [0.05, 0.1) is 11.3 Å². The number of carbonyl (C=O) groups excluding carboxylic acids is 1. The summed E-state index contributed by atoms with van der Waals surface area (Å²) in [5.41, 5.74) is 1.69. The molecule has 1 fully saturated rings. The van der Waals surface area contributed by atoms with Crippen molar-refractivity contribution in [1.29, 1.82) is 0 Å². The molecule has 20 heavy (non-hydrogen) atoms. The first-order valence-electron chi connectivity index (χ1n) is 7.32. The molecule has 104 valence electrons. The fraction of sp³-hybridized carbons (Fsp3) is 0.412. The highest BCUT2D eigenvalue weighted by Crippen LogP contribution is 2.28. The van der Waals surface area contributed by atoms with E-state index in [2.05, 4.69) is 4.98 Å². The van der Waals surface area contributed by atoms with E-state index in [0.29, 0.717) is 11.0 Å². The van der Waals surface area contributed by atoms with Crippen LogP contribution in [-0.2, 0) is 0 Å². The Labute approximate surface area is 124 Å². The molecular weight excluding hydrogens is 266 g/mol. The van der Waals surface area contributed by atoms with E-state index in [0.717, 1.165) is 16.5 Å². The molecule has 1 aromatic heterocycles. The van der Waals surface area contributed by atoms with Gasteiger partial charge in [-0.3, -0.25) is 9.78 Å². The van der Waals surface area contributed by atoms with Crippen molar-refractivity contribution in [3.05, 3.63) is 42.1 Å². The topological polar surface area (TPSA) is 30.0 Å². The van der Waals surface area contributed by atoms with Crippen molar-refractivity contribution in [2.45, 2.75) is 37.4 Å². The first kappa shape index (κ1) is 13.6. The number of pyridine rings is 1. The van der Waals surface area contributed by atoms with Crippen LogP contribution in [0.3, 0.4) is 0 Å². The van der Waals surface area contributed by atoms with Crippen LogP contribution in [-0.4, -0.2) is 21.8 Å². The average molecular weight is 285 g/mol. The molecule has 1 aromatic carbocycles. The number of rotatable bonds is 4. The van der Waals surface area contributed by atoms with E-state index in [1.807, 2.05) is 42.1 Å². The van der Waals surface area contributed by atoms with E-state index < -0.39 is 0 Å². The molecule has 2 aromatic rings. The van der Waals surface area contributed by atoms with Crippen LogP contribution in [0.25, 0.3) is 10.9 Å². The number of thioether (sulfide) groups is 1. The van der Waals surface area contributed by atoms with Gasteiger partial charge in [0.25, 0.3) is 0 Å². The van der Waals surface area contributed by atoms with Gasteiger partial charge in [-0.1, -0.05) is 37.5 Å². The molecule has 0 N–H and O–H groups in total. The third-order valence-corrected chi connectivity index (χ3v) is 5.30. The molecule has 1 aliphatic rings. The zero-order valence-electron chi connectivity index (χ0n) is 11.5. The van der Waals surface area contributed by atoms with Gasteiger partial charge in [-0.2, -0.15) is 11.8 Å². The number of carbonyl (C=O) groups is 1. The Balaban J connectivity index is 1.65. The molecule has 1 saturated carbocycles. The second-order valence-electron chi connectivity index (χ2n) is 5.41. The molecule has 0 saturated heterocycles. The summed E-state index contributed by atoms with van der Waals surface area (Å²) in [5.74, 6) is 0.830. The van der Waals surface area contributed by atoms with E-state index in [-0.39, 0.29) is 5.78 Å². The van der Waals surface area contributed by atoms with Gasteiger partial charge in [0, 0.05) is 22.4 Å². The van der Waals surface area contributed by atoms with Crippen LogP contribution in [0, 0.1) is 0 Å². The Bertz CT molecular complexity index is 605. The second-order valence-corrected chi connectivity index (χ2v) is 6.69. The summed E-state index contributed by atoms with van der Waals surface area (Å²) in [4.78, 5) is 16.6. The van der Waals surface area contributed by atoms with E-state index in [1.54, 1.807) is 6.20 Å². The lowest BCUT2D eigenvalue weighted by Crippen LogP contribution is -2.12. The highest BCUT2D eigenvalue weighted by molar-refractivity contribution is 8.00. The number of hydrogen-bond donors (Lipinski definition) is 0. The minimum Gasteiger partial charge on any atom is -0.293 e. The smallest absolute Gasteiger partial charge is 0.172 e. The van der Waals surface area contributed by atoms with Crippen LogP contribution < -0.4 is 0 Å². The summed E-state index contributed by atoms with van der Waals surface area (Å²) >= 11 is 1.84. The molecule has 0 radical (unpaired) electrons. The van der Waals surface area contributed by atoms with Gasteiger partial charge in [-0.05, 0) is 25.0 Å². The molecular formula is C17H19NOS. The first-order chi connectivity index (χ1) is 9.83. The Hall–Kier alpha value is -1.35. The minimum atomic E-state index is 0.230. The summed E-state index contributed by atoms with van der Waals surface area (Å²) in [6.45, 7) is 0. The number of benzene rings is 1. The van der Waals surface area contributed by atoms with Crippen LogP contribution in [0.4, 0.5) is 0 Å². The number of Topliss-reactive ketones (excluding diaryl/α,β-unsaturated/α-hetero) is 1. The third-order valence-electron chi connectivity index (χ3n) is 3.93. The molecule has 0 bridgehead atoms. The number of fused-ring (bicyclic) bond motifs is 1. The van der Waals surface area contributed by atoms with Crippen LogP contribution in [0.5, 0.6) is 0 Å². The van der Waals surface area contributed by atoms with Crippen LogP contribution in [0.15, 0.2) is 36.5 Å². The Morgan fingerprint density at radius 3 is 2.90 bits per heavy atom. The monoisotopic (exact) mass is 285 g/mol. The first-order valence-corrected chi connectivity index (χ1v) is 8.37. The second kappa shape index (κ2) is 6.40. The van der Waals surface area contributed by atoms with E-state index in [1.165, 1.54) is 32.1 Å². The molecule has 3 rings (SSSR count). The SMILES string of the molecule is O=C(CSC1CCCCC1)c1ccc2cccnc2c1. The molecule has 0 atom stereocenters. The zero-order valence-corrected chi connectivity index (χ0v) is 12.4. The fourth-order valence-corrected chi connectivity index (χ4v) is 3.97. The molecule has 1 aliphatic carbocycles. The molecule has 2 nitrogen and oxygen atoms in total. The maximum Gasteiger partial charge on any atom is 0.172 e. The van der Waals surface area contributed by atoms with Crippen LogP contribution >= 0.6 is 11.8 Å². The lowest BCUT2D eigenvalue weighted by Gasteiger charge is -2.20. The van der Waals surface area contributed by atoms with E-state index >= 15 is 0 Å². The quantitative estimate of drug-likeness (QED) is 0.776. The molecule has 0 unspecified atom stereocenters. The molecule has 0 aliphatic heterocycles. The van der Waals surface area contributed by atoms with Gasteiger partial charge in [-0.15, -0.1) is 0 Å². The van der Waals surface area contributed by atoms with Crippen LogP contribution in [0.2, 0.25) is 0 Å². The number of aromatic nitrogens is 1. The Morgan fingerprint density at radius 2 is 2.05 bits per heavy atom. The number of hydrogen-bond acceptors (Lipinski definition) is 3. The van der Waals surface area contributed by atoms with Crippen molar-refractivity contribution in [2.24, 2.45) is 0 Å². The highest BCUT2D eigenvalue weighted by atomic mass is 32.2. The van der Waals surface area contributed by atoms with Gasteiger partial charge < -0.3 is 0 Å². The van der Waals surface area contributed by atoms with Crippen molar-refractivity contribution >= 4 is 28.4 Å². The minimum absolute atomic E-state index is 0.230. The van der Waals surface area contributed by atoms with E-state index in [9.17, 15) is 4.79 Å². The zero-order chi connectivity index (χ0) is 13.8. The third kappa shape index (κ3) is 3.21.